The van der Waals surface area contributed by atoms with E-state index in [0.29, 0.717) is 15.0 Å². The van der Waals surface area contributed by atoms with Gasteiger partial charge >= 0.3 is 5.97 Å². The van der Waals surface area contributed by atoms with Gasteiger partial charge in [-0.25, -0.2) is 4.79 Å². The van der Waals surface area contributed by atoms with Crippen molar-refractivity contribution in [2.24, 2.45) is 0 Å². The van der Waals surface area contributed by atoms with Crippen LogP contribution >= 0.6 is 24.0 Å². The number of hydrogen-bond acceptors (Lipinski definition) is 5. The fraction of sp³-hybridized carbons (Fsp3) is 0.154. The number of likely N-dealkylation sites (N-methyl/N-ethyl adjacent to an activating group) is 1. The highest BCUT2D eigenvalue weighted by Crippen LogP contribution is 2.31. The van der Waals surface area contributed by atoms with Gasteiger partial charge in [0.1, 0.15) is 10.1 Å². The van der Waals surface area contributed by atoms with Crippen LogP contribution < -0.4 is 4.74 Å². The van der Waals surface area contributed by atoms with E-state index < -0.39 is 5.97 Å². The van der Waals surface area contributed by atoms with Crippen LogP contribution in [0.3, 0.4) is 0 Å². The summed E-state index contributed by atoms with van der Waals surface area (Å²) in [5, 5.41) is 8.51. The molecule has 0 unspecified atom stereocenters. The fourth-order valence-corrected chi connectivity index (χ4v) is 2.68. The first-order chi connectivity index (χ1) is 9.47. The third-order valence-electron chi connectivity index (χ3n) is 2.53. The molecule has 0 spiro atoms. The number of aliphatic carboxylic acids is 1. The number of carboxylic acids is 1. The number of benzene rings is 1. The first-order valence-electron chi connectivity index (χ1n) is 5.63. The molecule has 1 aromatic rings. The lowest BCUT2D eigenvalue weighted by Crippen LogP contribution is -2.22. The Balaban J connectivity index is 2.09. The second-order valence-electron chi connectivity index (χ2n) is 3.99. The largest absolute Gasteiger partial charge is 0.482 e. The second kappa shape index (κ2) is 6.06. The number of nitrogens with zero attached hydrogens (tertiary/aromatic N) is 1. The average Bonchev–Trinajstić information content (AvgIpc) is 2.65. The van der Waals surface area contributed by atoms with Gasteiger partial charge < -0.3 is 9.84 Å². The maximum atomic E-state index is 11.8. The van der Waals surface area contributed by atoms with Crippen molar-refractivity contribution in [2.45, 2.75) is 0 Å². The number of carbonyl (C=O) groups excluding carboxylic acids is 1. The summed E-state index contributed by atoms with van der Waals surface area (Å²) in [6, 6.07) is 6.81. The Morgan fingerprint density at radius 3 is 2.60 bits per heavy atom. The van der Waals surface area contributed by atoms with Crippen molar-refractivity contribution < 1.29 is 19.4 Å². The fourth-order valence-electron chi connectivity index (χ4n) is 1.50. The molecular formula is C13H11NO4S2. The van der Waals surface area contributed by atoms with E-state index in [-0.39, 0.29) is 12.5 Å². The molecule has 1 aliphatic rings. The quantitative estimate of drug-likeness (QED) is 0.677. The predicted octanol–water partition coefficient (Wildman–Crippen LogP) is 1.98. The lowest BCUT2D eigenvalue weighted by molar-refractivity contribution is -0.139. The molecule has 0 radical (unpaired) electrons. The zero-order chi connectivity index (χ0) is 14.7. The molecule has 5 nitrogen and oxygen atoms in total. The van der Waals surface area contributed by atoms with Gasteiger partial charge in [0.15, 0.2) is 6.61 Å². The highest BCUT2D eigenvalue weighted by Gasteiger charge is 2.28. The molecule has 0 saturated carbocycles. The first-order valence-corrected chi connectivity index (χ1v) is 6.86. The summed E-state index contributed by atoms with van der Waals surface area (Å²) in [6.07, 6.45) is 1.74. The molecule has 1 amide bonds. The van der Waals surface area contributed by atoms with Gasteiger partial charge in [-0.2, -0.15) is 0 Å². The second-order valence-corrected chi connectivity index (χ2v) is 5.67. The summed E-state index contributed by atoms with van der Waals surface area (Å²) in [5.74, 6) is -0.681. The monoisotopic (exact) mass is 309 g/mol. The Labute approximate surface area is 125 Å². The van der Waals surface area contributed by atoms with Gasteiger partial charge in [0.05, 0.1) is 4.91 Å². The first kappa shape index (κ1) is 14.5. The smallest absolute Gasteiger partial charge is 0.341 e. The van der Waals surface area contributed by atoms with Crippen LogP contribution in [0.4, 0.5) is 0 Å². The topological polar surface area (TPSA) is 66.8 Å². The molecule has 1 heterocycles. The highest BCUT2D eigenvalue weighted by atomic mass is 32.2. The van der Waals surface area contributed by atoms with E-state index in [2.05, 4.69) is 0 Å². The van der Waals surface area contributed by atoms with Crippen LogP contribution in [-0.4, -0.2) is 39.9 Å². The zero-order valence-corrected chi connectivity index (χ0v) is 12.2. The molecule has 1 saturated heterocycles. The molecule has 0 atom stereocenters. The number of carboxylic acid groups (broad SMARTS) is 1. The molecule has 1 N–H and O–H groups in total. The Morgan fingerprint density at radius 1 is 1.45 bits per heavy atom. The van der Waals surface area contributed by atoms with E-state index in [1.165, 1.54) is 16.7 Å². The molecule has 104 valence electrons. The van der Waals surface area contributed by atoms with E-state index in [0.717, 1.165) is 5.56 Å². The SMILES string of the molecule is CN1C(=O)/C(=C/c2ccc(OCC(=O)O)cc2)SC1=S. The van der Waals surface area contributed by atoms with Gasteiger partial charge in [0, 0.05) is 7.05 Å². The van der Waals surface area contributed by atoms with Gasteiger partial charge in [0.25, 0.3) is 5.91 Å². The van der Waals surface area contributed by atoms with Crippen molar-refractivity contribution in [1.29, 1.82) is 0 Å². The van der Waals surface area contributed by atoms with E-state index >= 15 is 0 Å². The molecule has 0 aromatic heterocycles. The van der Waals surface area contributed by atoms with E-state index in [1.54, 1.807) is 37.4 Å². The summed E-state index contributed by atoms with van der Waals surface area (Å²) >= 11 is 6.30. The maximum Gasteiger partial charge on any atom is 0.341 e. The molecule has 0 bridgehead atoms. The number of amides is 1. The molecule has 1 aliphatic heterocycles. The Hall–Kier alpha value is -1.86. The number of rotatable bonds is 4. The predicted molar refractivity (Wildman–Crippen MR) is 80.5 cm³/mol. The lowest BCUT2D eigenvalue weighted by Gasteiger charge is -2.04. The van der Waals surface area contributed by atoms with E-state index in [9.17, 15) is 9.59 Å². The summed E-state index contributed by atoms with van der Waals surface area (Å²) in [5.41, 5.74) is 0.821. The van der Waals surface area contributed by atoms with Crippen LogP contribution in [-0.2, 0) is 9.59 Å². The summed E-state index contributed by atoms with van der Waals surface area (Å²) < 4.78 is 5.56. The molecule has 2 rings (SSSR count). The molecule has 1 aromatic carbocycles. The summed E-state index contributed by atoms with van der Waals surface area (Å²) in [4.78, 5) is 24.2. The van der Waals surface area contributed by atoms with Gasteiger partial charge in [0.2, 0.25) is 0 Å². The normalized spacial score (nSPS) is 16.9. The number of thioether (sulfide) groups is 1. The zero-order valence-electron chi connectivity index (χ0n) is 10.5. The number of carbonyl (C=O) groups is 2. The van der Waals surface area contributed by atoms with Crippen LogP contribution in [0, 0.1) is 0 Å². The van der Waals surface area contributed by atoms with Gasteiger partial charge in [-0.05, 0) is 23.8 Å². The van der Waals surface area contributed by atoms with Gasteiger partial charge in [-0.3, -0.25) is 9.69 Å². The maximum absolute atomic E-state index is 11.8. The van der Waals surface area contributed by atoms with Crippen LogP contribution in [0.2, 0.25) is 0 Å². The molecular weight excluding hydrogens is 298 g/mol. The minimum Gasteiger partial charge on any atom is -0.482 e. The van der Waals surface area contributed by atoms with Crippen LogP contribution in [0.1, 0.15) is 5.56 Å². The lowest BCUT2D eigenvalue weighted by atomic mass is 10.2. The van der Waals surface area contributed by atoms with Crippen molar-refractivity contribution in [2.75, 3.05) is 13.7 Å². The molecule has 7 heteroatoms. The van der Waals surface area contributed by atoms with Crippen molar-refractivity contribution in [3.63, 3.8) is 0 Å². The Bertz CT molecular complexity index is 595. The number of ether oxygens (including phenoxy) is 1. The standard InChI is InChI=1S/C13H11NO4S2/c1-14-12(17)10(20-13(14)19)6-8-2-4-9(5-3-8)18-7-11(15)16/h2-6H,7H2,1H3,(H,15,16)/b10-6-. The van der Waals surface area contributed by atoms with Gasteiger partial charge in [-0.15, -0.1) is 0 Å². The summed E-state index contributed by atoms with van der Waals surface area (Å²) in [7, 11) is 1.64. The summed E-state index contributed by atoms with van der Waals surface area (Å²) in [6.45, 7) is -0.381. The van der Waals surface area contributed by atoms with Crippen LogP contribution in [0.5, 0.6) is 5.75 Å². The number of hydrogen-bond donors (Lipinski definition) is 1. The molecule has 20 heavy (non-hydrogen) atoms. The Morgan fingerprint density at radius 2 is 2.10 bits per heavy atom. The van der Waals surface area contributed by atoms with Crippen molar-refractivity contribution in [3.05, 3.63) is 34.7 Å². The van der Waals surface area contributed by atoms with E-state index in [4.69, 9.17) is 22.1 Å². The molecule has 0 aliphatic carbocycles. The van der Waals surface area contributed by atoms with Crippen molar-refractivity contribution >= 4 is 46.3 Å². The third-order valence-corrected chi connectivity index (χ3v) is 4.01. The van der Waals surface area contributed by atoms with Gasteiger partial charge in [-0.1, -0.05) is 36.1 Å². The van der Waals surface area contributed by atoms with Crippen LogP contribution in [0.15, 0.2) is 29.2 Å². The minimum absolute atomic E-state index is 0.119. The van der Waals surface area contributed by atoms with E-state index in [1.807, 2.05) is 0 Å². The molecule has 1 fully saturated rings. The highest BCUT2D eigenvalue weighted by molar-refractivity contribution is 8.26. The van der Waals surface area contributed by atoms with Crippen molar-refractivity contribution in [1.82, 2.24) is 4.90 Å². The third kappa shape index (κ3) is 3.37. The number of thiocarbonyl (C=S) groups is 1. The average molecular weight is 309 g/mol. The minimum atomic E-state index is -1.03. The van der Waals surface area contributed by atoms with Crippen LogP contribution in [0.25, 0.3) is 6.08 Å². The Kier molecular flexibility index (Phi) is 4.41. The van der Waals surface area contributed by atoms with Crippen molar-refractivity contribution in [3.8, 4) is 5.75 Å².